The van der Waals surface area contributed by atoms with Gasteiger partial charge in [0.05, 0.1) is 37.5 Å². The van der Waals surface area contributed by atoms with Gasteiger partial charge < -0.3 is 20.4 Å². The normalized spacial score (nSPS) is 14.6. The van der Waals surface area contributed by atoms with Gasteiger partial charge in [0.1, 0.15) is 0 Å². The van der Waals surface area contributed by atoms with Crippen LogP contribution in [0.15, 0.2) is 12.1 Å². The molecule has 0 amide bonds. The zero-order valence-corrected chi connectivity index (χ0v) is 33.6. The Kier molecular flexibility index (Phi) is 30.5. The molecule has 1 rings (SSSR count). The maximum atomic E-state index is 11.3. The molecule has 0 aromatic carbocycles. The van der Waals surface area contributed by atoms with Crippen LogP contribution in [0.2, 0.25) is 0 Å². The van der Waals surface area contributed by atoms with E-state index in [9.17, 15) is 20.4 Å². The Morgan fingerprint density at radius 3 is 0.918 bits per heavy atom. The minimum Gasteiger partial charge on any atom is -0.394 e. The molecule has 1 aromatic heterocycles. The van der Waals surface area contributed by atoms with Gasteiger partial charge in [-0.1, -0.05) is 156 Å². The van der Waals surface area contributed by atoms with Gasteiger partial charge in [0.25, 0.3) is 0 Å². The van der Waals surface area contributed by atoms with Crippen LogP contribution in [0.25, 0.3) is 0 Å². The first-order valence-electron chi connectivity index (χ1n) is 21.1. The Morgan fingerprint density at radius 1 is 0.429 bits per heavy atom. The number of aliphatic hydroxyl groups excluding tert-OH is 4. The van der Waals surface area contributed by atoms with Crippen molar-refractivity contribution in [1.82, 2.24) is 9.80 Å². The molecule has 0 radical (unpaired) electrons. The van der Waals surface area contributed by atoms with Crippen molar-refractivity contribution >= 4 is 11.3 Å². The molecule has 0 spiro atoms. The monoisotopic (exact) mass is 711 g/mol. The van der Waals surface area contributed by atoms with Crippen LogP contribution in [-0.4, -0.2) is 81.8 Å². The molecule has 290 valence electrons. The van der Waals surface area contributed by atoms with E-state index in [-0.39, 0.29) is 25.3 Å². The lowest BCUT2D eigenvalue weighted by Crippen LogP contribution is -2.39. The number of rotatable bonds is 36. The van der Waals surface area contributed by atoms with E-state index in [2.05, 4.69) is 49.6 Å². The van der Waals surface area contributed by atoms with Crippen molar-refractivity contribution < 1.29 is 20.4 Å². The van der Waals surface area contributed by atoms with Crippen molar-refractivity contribution in [3.05, 3.63) is 21.9 Å². The highest BCUT2D eigenvalue weighted by molar-refractivity contribution is 7.12. The van der Waals surface area contributed by atoms with Gasteiger partial charge in [-0.25, -0.2) is 0 Å². The summed E-state index contributed by atoms with van der Waals surface area (Å²) >= 11 is 1.67. The van der Waals surface area contributed by atoms with Gasteiger partial charge in [0.2, 0.25) is 0 Å². The first kappa shape index (κ1) is 46.5. The highest BCUT2D eigenvalue weighted by Crippen LogP contribution is 2.37. The zero-order valence-electron chi connectivity index (χ0n) is 32.8. The van der Waals surface area contributed by atoms with E-state index in [0.717, 1.165) is 61.6 Å². The summed E-state index contributed by atoms with van der Waals surface area (Å²) in [5, 5.41) is 43.2. The second-order valence-corrected chi connectivity index (χ2v) is 15.9. The summed E-state index contributed by atoms with van der Waals surface area (Å²) in [6.07, 6.45) is 27.8. The predicted octanol–water partition coefficient (Wildman–Crippen LogP) is 10.6. The standard InChI is InChI=1S/C42H82N2O4S/c1-5-9-13-17-21-25-31-43(32-26-22-18-14-10-6-2)41(37(47)35-45)39-29-30-40(49-39)42(38(48)36-46)44(33-27-23-19-15-11-7-3)34-28-24-20-16-12-8-4/h29-30,37-38,41-42,45-48H,5-28,31-36H2,1-4H3. The quantitative estimate of drug-likeness (QED) is 0.0519. The van der Waals surface area contributed by atoms with Gasteiger partial charge in [-0.3, -0.25) is 9.80 Å². The number of hydrogen-bond acceptors (Lipinski definition) is 7. The molecule has 0 aliphatic rings. The van der Waals surface area contributed by atoms with Crippen molar-refractivity contribution in [3.63, 3.8) is 0 Å². The highest BCUT2D eigenvalue weighted by atomic mass is 32.1. The minimum atomic E-state index is -0.866. The number of unbranched alkanes of at least 4 members (excludes halogenated alkanes) is 20. The van der Waals surface area contributed by atoms with E-state index in [1.165, 1.54) is 128 Å². The van der Waals surface area contributed by atoms with Crippen LogP contribution in [0.5, 0.6) is 0 Å². The molecular weight excluding hydrogens is 629 g/mol. The summed E-state index contributed by atoms with van der Waals surface area (Å²) < 4.78 is 0. The SMILES string of the molecule is CCCCCCCCN(CCCCCCCC)C(c1ccc(C(C(O)CO)N(CCCCCCCC)CCCCCCCC)s1)C(O)CO. The van der Waals surface area contributed by atoms with E-state index in [1.807, 2.05) is 0 Å². The summed E-state index contributed by atoms with van der Waals surface area (Å²) in [6.45, 7) is 12.1. The van der Waals surface area contributed by atoms with Crippen LogP contribution >= 0.6 is 11.3 Å². The van der Waals surface area contributed by atoms with Crippen molar-refractivity contribution in [2.24, 2.45) is 0 Å². The maximum absolute atomic E-state index is 11.3. The molecule has 0 fully saturated rings. The second kappa shape index (κ2) is 32.1. The number of hydrogen-bond donors (Lipinski definition) is 4. The predicted molar refractivity (Wildman–Crippen MR) is 213 cm³/mol. The lowest BCUT2D eigenvalue weighted by molar-refractivity contribution is 0.00881. The van der Waals surface area contributed by atoms with Gasteiger partial charge in [-0.05, 0) is 64.0 Å². The summed E-state index contributed by atoms with van der Waals surface area (Å²) in [7, 11) is 0. The lowest BCUT2D eigenvalue weighted by Gasteiger charge is -2.35. The van der Waals surface area contributed by atoms with Crippen LogP contribution in [-0.2, 0) is 0 Å². The minimum absolute atomic E-state index is 0.271. The van der Waals surface area contributed by atoms with Crippen molar-refractivity contribution in [2.75, 3.05) is 39.4 Å². The smallest absolute Gasteiger partial charge is 0.0975 e. The molecular formula is C42H82N2O4S. The molecule has 0 aliphatic heterocycles. The molecule has 1 heterocycles. The summed E-state index contributed by atoms with van der Waals surface area (Å²) in [5.41, 5.74) is 0. The molecule has 0 saturated heterocycles. The van der Waals surface area contributed by atoms with E-state index < -0.39 is 12.2 Å². The largest absolute Gasteiger partial charge is 0.394 e. The van der Waals surface area contributed by atoms with Crippen molar-refractivity contribution in [3.8, 4) is 0 Å². The van der Waals surface area contributed by atoms with Gasteiger partial charge in [-0.15, -0.1) is 11.3 Å². The number of nitrogens with zero attached hydrogens (tertiary/aromatic N) is 2. The van der Waals surface area contributed by atoms with E-state index in [1.54, 1.807) is 11.3 Å². The van der Waals surface area contributed by atoms with E-state index in [4.69, 9.17) is 0 Å². The average molecular weight is 711 g/mol. The van der Waals surface area contributed by atoms with E-state index >= 15 is 0 Å². The second-order valence-electron chi connectivity index (χ2n) is 14.8. The molecule has 0 saturated carbocycles. The summed E-state index contributed by atoms with van der Waals surface area (Å²) in [4.78, 5) is 7.00. The molecule has 49 heavy (non-hydrogen) atoms. The van der Waals surface area contributed by atoms with Crippen LogP contribution in [0.3, 0.4) is 0 Å². The molecule has 4 unspecified atom stereocenters. The molecule has 4 N–H and O–H groups in total. The van der Waals surface area contributed by atoms with Crippen molar-refractivity contribution in [2.45, 2.75) is 206 Å². The zero-order chi connectivity index (χ0) is 36.0. The number of aliphatic hydroxyl groups is 4. The van der Waals surface area contributed by atoms with Gasteiger partial charge in [0.15, 0.2) is 0 Å². The van der Waals surface area contributed by atoms with Crippen LogP contribution in [0, 0.1) is 0 Å². The molecule has 6 nitrogen and oxygen atoms in total. The Morgan fingerprint density at radius 2 is 0.673 bits per heavy atom. The molecule has 0 aliphatic carbocycles. The maximum Gasteiger partial charge on any atom is 0.0975 e. The topological polar surface area (TPSA) is 87.4 Å². The fraction of sp³-hybridized carbons (Fsp3) is 0.905. The Balaban J connectivity index is 3.24. The molecule has 7 heteroatoms. The molecule has 1 aromatic rings. The Labute approximate surface area is 308 Å². The number of thiophene rings is 1. The lowest BCUT2D eigenvalue weighted by atomic mass is 10.0. The summed E-state index contributed by atoms with van der Waals surface area (Å²) in [6, 6.07) is 3.72. The van der Waals surface area contributed by atoms with Gasteiger partial charge in [-0.2, -0.15) is 0 Å². The fourth-order valence-electron chi connectivity index (χ4n) is 7.27. The average Bonchev–Trinajstić information content (AvgIpc) is 3.58. The van der Waals surface area contributed by atoms with Crippen molar-refractivity contribution in [1.29, 1.82) is 0 Å². The fourth-order valence-corrected chi connectivity index (χ4v) is 8.67. The van der Waals surface area contributed by atoms with Gasteiger partial charge in [0, 0.05) is 9.75 Å². The van der Waals surface area contributed by atoms with Crippen LogP contribution < -0.4 is 0 Å². The van der Waals surface area contributed by atoms with E-state index in [0.29, 0.717) is 0 Å². The molecule has 0 bridgehead atoms. The highest BCUT2D eigenvalue weighted by Gasteiger charge is 2.32. The van der Waals surface area contributed by atoms with Crippen LogP contribution in [0.4, 0.5) is 0 Å². The summed E-state index contributed by atoms with van der Waals surface area (Å²) in [5.74, 6) is 0. The Hall–Kier alpha value is -0.540. The van der Waals surface area contributed by atoms with Crippen LogP contribution in [0.1, 0.15) is 204 Å². The third kappa shape index (κ3) is 20.9. The third-order valence-electron chi connectivity index (χ3n) is 10.3. The third-order valence-corrected chi connectivity index (χ3v) is 11.5. The molecule has 4 atom stereocenters. The Bertz CT molecular complexity index is 743. The first-order valence-corrected chi connectivity index (χ1v) is 22.0. The first-order chi connectivity index (χ1) is 24.0. The van der Waals surface area contributed by atoms with Gasteiger partial charge >= 0.3 is 0 Å².